The Morgan fingerprint density at radius 1 is 0.322 bits per heavy atom. The number of rotatable bonds is 3. The van der Waals surface area contributed by atoms with Crippen molar-refractivity contribution in [1.29, 1.82) is 0 Å². The molecule has 272 valence electrons. The third-order valence-electron chi connectivity index (χ3n) is 12.5. The molecule has 0 saturated heterocycles. The zero-order chi connectivity index (χ0) is 38.6. The van der Waals surface area contributed by atoms with Crippen molar-refractivity contribution in [1.82, 2.24) is 14.5 Å². The summed E-state index contributed by atoms with van der Waals surface area (Å²) in [4.78, 5) is 11.3. The third kappa shape index (κ3) is 4.70. The van der Waals surface area contributed by atoms with Crippen molar-refractivity contribution in [3.8, 4) is 28.2 Å². The molecule has 0 amide bonds. The predicted molar refractivity (Wildman–Crippen MR) is 250 cm³/mol. The van der Waals surface area contributed by atoms with Crippen LogP contribution in [0.25, 0.3) is 126 Å². The Morgan fingerprint density at radius 3 is 1.61 bits per heavy atom. The van der Waals surface area contributed by atoms with Crippen LogP contribution >= 0.6 is 0 Å². The molecule has 0 aliphatic heterocycles. The lowest BCUT2D eigenvalue weighted by atomic mass is 9.91. The van der Waals surface area contributed by atoms with Crippen molar-refractivity contribution in [3.05, 3.63) is 200 Å². The normalized spacial score (nSPS) is 12.1. The van der Waals surface area contributed by atoms with Crippen LogP contribution in [-0.4, -0.2) is 14.5 Å². The van der Waals surface area contributed by atoms with Crippen LogP contribution in [0.3, 0.4) is 0 Å². The van der Waals surface area contributed by atoms with Gasteiger partial charge >= 0.3 is 0 Å². The van der Waals surface area contributed by atoms with Crippen LogP contribution < -0.4 is 0 Å². The fraction of sp³-hybridized carbons (Fsp3) is 0. The lowest BCUT2D eigenvalue weighted by molar-refractivity contribution is 1.09. The first-order valence-corrected chi connectivity index (χ1v) is 20.2. The average molecular weight is 748 g/mol. The summed E-state index contributed by atoms with van der Waals surface area (Å²) in [6.45, 7) is 0. The largest absolute Gasteiger partial charge is 0.291 e. The molecular weight excluding hydrogens is 715 g/mol. The van der Waals surface area contributed by atoms with Crippen molar-refractivity contribution < 1.29 is 0 Å². The molecule has 13 aromatic rings. The zero-order valence-electron chi connectivity index (χ0n) is 31.9. The quantitative estimate of drug-likeness (QED) is 0.169. The maximum Gasteiger partial charge on any atom is 0.165 e. The van der Waals surface area contributed by atoms with Gasteiger partial charge in [-0.15, -0.1) is 0 Å². The molecule has 2 heterocycles. The smallest absolute Gasteiger partial charge is 0.165 e. The van der Waals surface area contributed by atoms with Crippen LogP contribution in [0.2, 0.25) is 0 Å². The third-order valence-corrected chi connectivity index (χ3v) is 12.5. The van der Waals surface area contributed by atoms with Crippen molar-refractivity contribution in [2.24, 2.45) is 0 Å². The van der Waals surface area contributed by atoms with E-state index >= 15 is 0 Å². The van der Waals surface area contributed by atoms with Crippen molar-refractivity contribution in [2.75, 3.05) is 0 Å². The van der Waals surface area contributed by atoms with E-state index in [1.165, 1.54) is 70.2 Å². The van der Waals surface area contributed by atoms with Gasteiger partial charge in [-0.2, -0.15) is 0 Å². The Labute approximate surface area is 339 Å². The van der Waals surface area contributed by atoms with Crippen molar-refractivity contribution in [3.63, 3.8) is 0 Å². The van der Waals surface area contributed by atoms with E-state index in [1.807, 2.05) is 0 Å². The summed E-state index contributed by atoms with van der Waals surface area (Å²) in [5.74, 6) is 0.813. The summed E-state index contributed by atoms with van der Waals surface area (Å²) >= 11 is 0. The Hall–Kier alpha value is -7.88. The van der Waals surface area contributed by atoms with Gasteiger partial charge in [0.15, 0.2) is 5.82 Å². The van der Waals surface area contributed by atoms with Gasteiger partial charge in [0.25, 0.3) is 0 Å². The Kier molecular flexibility index (Phi) is 6.72. The number of hydrogen-bond donors (Lipinski definition) is 0. The van der Waals surface area contributed by atoms with Crippen LogP contribution in [0.1, 0.15) is 0 Å². The number of nitrogens with zero attached hydrogens (tertiary/aromatic N) is 3. The highest BCUT2D eigenvalue weighted by molar-refractivity contribution is 6.36. The first-order chi connectivity index (χ1) is 29.3. The highest BCUT2D eigenvalue weighted by Gasteiger charge is 2.24. The molecule has 0 atom stereocenters. The Morgan fingerprint density at radius 2 is 0.847 bits per heavy atom. The van der Waals surface area contributed by atoms with Gasteiger partial charge in [-0.1, -0.05) is 182 Å². The summed E-state index contributed by atoms with van der Waals surface area (Å²) in [6.07, 6.45) is 0. The molecule has 0 fully saturated rings. The number of fused-ring (bicyclic) bond motifs is 16. The van der Waals surface area contributed by atoms with Gasteiger partial charge in [0.1, 0.15) is 5.69 Å². The number of benzene rings is 11. The highest BCUT2D eigenvalue weighted by Crippen LogP contribution is 2.46. The maximum absolute atomic E-state index is 5.74. The van der Waals surface area contributed by atoms with Gasteiger partial charge < -0.3 is 0 Å². The van der Waals surface area contributed by atoms with Crippen LogP contribution in [0.5, 0.6) is 0 Å². The summed E-state index contributed by atoms with van der Waals surface area (Å²) in [5.41, 5.74) is 8.20. The van der Waals surface area contributed by atoms with Crippen LogP contribution in [0.15, 0.2) is 200 Å². The van der Waals surface area contributed by atoms with E-state index in [0.717, 1.165) is 55.5 Å². The molecule has 0 N–H and O–H groups in total. The van der Waals surface area contributed by atoms with Crippen LogP contribution in [0, 0.1) is 0 Å². The minimum atomic E-state index is 0.813. The monoisotopic (exact) mass is 747 g/mol. The van der Waals surface area contributed by atoms with Crippen LogP contribution in [-0.2, 0) is 0 Å². The van der Waals surface area contributed by atoms with Gasteiger partial charge in [0.05, 0.1) is 22.1 Å². The topological polar surface area (TPSA) is 30.7 Å². The van der Waals surface area contributed by atoms with Gasteiger partial charge in [0, 0.05) is 32.5 Å². The summed E-state index contributed by atoms with van der Waals surface area (Å²) < 4.78 is 2.41. The highest BCUT2D eigenvalue weighted by atomic mass is 15.1. The maximum atomic E-state index is 5.74. The molecule has 11 aromatic carbocycles. The molecule has 0 spiro atoms. The van der Waals surface area contributed by atoms with Gasteiger partial charge in [0.2, 0.25) is 0 Å². The molecule has 59 heavy (non-hydrogen) atoms. The van der Waals surface area contributed by atoms with Crippen molar-refractivity contribution >= 4 is 97.5 Å². The fourth-order valence-corrected chi connectivity index (χ4v) is 9.80. The van der Waals surface area contributed by atoms with E-state index in [4.69, 9.17) is 9.97 Å². The van der Waals surface area contributed by atoms with Crippen LogP contribution in [0.4, 0.5) is 0 Å². The van der Waals surface area contributed by atoms with E-state index in [2.05, 4.69) is 205 Å². The van der Waals surface area contributed by atoms with Crippen molar-refractivity contribution in [2.45, 2.75) is 0 Å². The van der Waals surface area contributed by atoms with E-state index in [-0.39, 0.29) is 0 Å². The van der Waals surface area contributed by atoms with E-state index < -0.39 is 0 Å². The molecule has 2 aromatic heterocycles. The van der Waals surface area contributed by atoms with Gasteiger partial charge in [-0.3, -0.25) is 4.57 Å². The first kappa shape index (κ1) is 32.2. The molecule has 3 heteroatoms. The van der Waals surface area contributed by atoms with E-state index in [1.54, 1.807) is 0 Å². The van der Waals surface area contributed by atoms with E-state index in [0.29, 0.717) is 0 Å². The molecule has 13 rings (SSSR count). The lowest BCUT2D eigenvalue weighted by Gasteiger charge is -2.16. The second kappa shape index (κ2) is 12.3. The predicted octanol–water partition coefficient (Wildman–Crippen LogP) is 15.0. The van der Waals surface area contributed by atoms with Gasteiger partial charge in [-0.25, -0.2) is 9.97 Å². The minimum absolute atomic E-state index is 0.813. The van der Waals surface area contributed by atoms with E-state index in [9.17, 15) is 0 Å². The Bertz CT molecular complexity index is 3860. The second-order valence-electron chi connectivity index (χ2n) is 15.7. The summed E-state index contributed by atoms with van der Waals surface area (Å²) in [5, 5.41) is 17.0. The molecule has 0 aliphatic carbocycles. The molecule has 0 saturated carbocycles. The summed E-state index contributed by atoms with van der Waals surface area (Å²) in [6, 6.07) is 72.6. The molecule has 0 aliphatic rings. The van der Waals surface area contributed by atoms with Gasteiger partial charge in [-0.05, 0) is 77.8 Å². The first-order valence-electron chi connectivity index (χ1n) is 20.2. The number of hydrogen-bond acceptors (Lipinski definition) is 2. The molecule has 0 unspecified atom stereocenters. The Balaban J connectivity index is 1.17. The SMILES string of the molecule is c1ccc2cc(-c3ccc(-c4nc5ccc6ccccc6c5nc4-n4c5ccc6c7ccccc7c7ccccc7c6c5c5ccc6ccccc6c54)cc3)ccc2c1. The number of aromatic nitrogens is 3. The minimum Gasteiger partial charge on any atom is -0.291 e. The molecule has 3 nitrogen and oxygen atoms in total. The second-order valence-corrected chi connectivity index (χ2v) is 15.7. The molecule has 0 radical (unpaired) electrons. The average Bonchev–Trinajstić information content (AvgIpc) is 3.66. The summed E-state index contributed by atoms with van der Waals surface area (Å²) in [7, 11) is 0. The lowest BCUT2D eigenvalue weighted by Crippen LogP contribution is -2.04. The molecule has 0 bridgehead atoms. The molecular formula is C56H33N3. The standard InChI is InChI=1S/C56H33N3/c1-2-14-39-33-40(26-23-34(39)11-1)35-21-24-38(25-22-35)53-56(58-54-41-15-5-3-12-36(41)28-31-49(54)57-53)59-50-32-30-47-45-19-8-7-17-43(45)44-18-9-10-20-46(44)51(47)52(50)48-29-27-37-13-4-6-16-42(37)55(48)59/h1-33H. The zero-order valence-corrected chi connectivity index (χ0v) is 31.9. The fourth-order valence-electron chi connectivity index (χ4n) is 9.80.